The van der Waals surface area contributed by atoms with Gasteiger partial charge in [-0.05, 0) is 36.2 Å². The summed E-state index contributed by atoms with van der Waals surface area (Å²) in [6.45, 7) is 1.86. The van der Waals surface area contributed by atoms with E-state index in [9.17, 15) is 14.0 Å². The van der Waals surface area contributed by atoms with Crippen LogP contribution in [0.25, 0.3) is 0 Å². The topological polar surface area (TPSA) is 70.6 Å². The Morgan fingerprint density at radius 2 is 1.78 bits per heavy atom. The van der Waals surface area contributed by atoms with Crippen LogP contribution in [0, 0.1) is 12.7 Å². The summed E-state index contributed by atoms with van der Waals surface area (Å²) in [7, 11) is 0. The molecule has 118 valence electrons. The highest BCUT2D eigenvalue weighted by atomic mass is 19.1. The van der Waals surface area contributed by atoms with Gasteiger partial charge < -0.3 is 5.32 Å². The third-order valence-corrected chi connectivity index (χ3v) is 3.01. The van der Waals surface area contributed by atoms with Crippen LogP contribution >= 0.6 is 0 Å². The first-order valence-corrected chi connectivity index (χ1v) is 6.97. The standard InChI is InChI=1S/C17H16FN3O2/c1-12-4-2-3-5-15(12)20-16(22)10-17(23)21-19-11-13-6-8-14(18)9-7-13/h2-9,11H,10H2,1H3,(H,20,22)(H,21,23). The van der Waals surface area contributed by atoms with Gasteiger partial charge in [-0.2, -0.15) is 5.10 Å². The predicted octanol–water partition coefficient (Wildman–Crippen LogP) is 2.61. The van der Waals surface area contributed by atoms with Crippen LogP contribution in [0.4, 0.5) is 10.1 Å². The van der Waals surface area contributed by atoms with Crippen LogP contribution in [-0.4, -0.2) is 18.0 Å². The Morgan fingerprint density at radius 1 is 1.09 bits per heavy atom. The molecule has 0 heterocycles. The second-order valence-electron chi connectivity index (χ2n) is 4.88. The molecule has 0 unspecified atom stereocenters. The molecule has 2 aromatic carbocycles. The predicted molar refractivity (Wildman–Crippen MR) is 86.6 cm³/mol. The van der Waals surface area contributed by atoms with E-state index in [1.807, 2.05) is 19.1 Å². The van der Waals surface area contributed by atoms with E-state index in [2.05, 4.69) is 15.8 Å². The van der Waals surface area contributed by atoms with E-state index in [-0.39, 0.29) is 12.2 Å². The average Bonchev–Trinajstić information content (AvgIpc) is 2.51. The van der Waals surface area contributed by atoms with Crippen molar-refractivity contribution in [1.29, 1.82) is 0 Å². The number of nitrogens with one attached hydrogen (secondary N) is 2. The minimum absolute atomic E-state index is 0.338. The van der Waals surface area contributed by atoms with Crippen molar-refractivity contribution in [1.82, 2.24) is 5.43 Å². The minimum atomic E-state index is -0.533. The maximum atomic E-state index is 12.7. The van der Waals surface area contributed by atoms with Gasteiger partial charge in [-0.25, -0.2) is 9.82 Å². The van der Waals surface area contributed by atoms with Gasteiger partial charge in [0.2, 0.25) is 11.8 Å². The van der Waals surface area contributed by atoms with Crippen LogP contribution in [-0.2, 0) is 9.59 Å². The van der Waals surface area contributed by atoms with Gasteiger partial charge in [0.15, 0.2) is 0 Å². The first kappa shape index (κ1) is 16.4. The maximum absolute atomic E-state index is 12.7. The molecular weight excluding hydrogens is 297 g/mol. The summed E-state index contributed by atoms with van der Waals surface area (Å²) in [6, 6.07) is 12.9. The van der Waals surface area contributed by atoms with Crippen LogP contribution in [0.5, 0.6) is 0 Å². The normalized spacial score (nSPS) is 10.5. The summed E-state index contributed by atoms with van der Waals surface area (Å²) < 4.78 is 12.7. The molecule has 2 N–H and O–H groups in total. The monoisotopic (exact) mass is 313 g/mol. The summed E-state index contributed by atoms with van der Waals surface area (Å²) >= 11 is 0. The Hall–Kier alpha value is -3.02. The van der Waals surface area contributed by atoms with E-state index >= 15 is 0 Å². The molecule has 0 saturated heterocycles. The molecule has 5 nitrogen and oxygen atoms in total. The largest absolute Gasteiger partial charge is 0.325 e. The van der Waals surface area contributed by atoms with Crippen molar-refractivity contribution >= 4 is 23.7 Å². The van der Waals surface area contributed by atoms with Crippen LogP contribution in [0.1, 0.15) is 17.5 Å². The molecule has 0 spiro atoms. The van der Waals surface area contributed by atoms with E-state index in [1.54, 1.807) is 12.1 Å². The first-order chi connectivity index (χ1) is 11.0. The number of hydrazone groups is 1. The van der Waals surface area contributed by atoms with E-state index in [0.29, 0.717) is 11.3 Å². The van der Waals surface area contributed by atoms with Crippen molar-refractivity contribution in [3.8, 4) is 0 Å². The van der Waals surface area contributed by atoms with Crippen molar-refractivity contribution in [2.24, 2.45) is 5.10 Å². The van der Waals surface area contributed by atoms with Crippen molar-refractivity contribution in [2.45, 2.75) is 13.3 Å². The number of hydrogen-bond donors (Lipinski definition) is 2. The van der Waals surface area contributed by atoms with Crippen molar-refractivity contribution in [3.05, 3.63) is 65.5 Å². The summed E-state index contributed by atoms with van der Waals surface area (Å²) in [5, 5.41) is 6.38. The second kappa shape index (κ2) is 7.84. The van der Waals surface area contributed by atoms with Gasteiger partial charge in [-0.15, -0.1) is 0 Å². The Morgan fingerprint density at radius 3 is 2.48 bits per heavy atom. The zero-order chi connectivity index (χ0) is 16.7. The number of carbonyl (C=O) groups is 2. The fraction of sp³-hybridized carbons (Fsp3) is 0.118. The summed E-state index contributed by atoms with van der Waals surface area (Å²) in [5.74, 6) is -1.30. The molecule has 23 heavy (non-hydrogen) atoms. The van der Waals surface area contributed by atoms with Gasteiger partial charge in [0.25, 0.3) is 0 Å². The molecule has 2 aromatic rings. The summed E-state index contributed by atoms with van der Waals surface area (Å²) in [4.78, 5) is 23.4. The maximum Gasteiger partial charge on any atom is 0.249 e. The zero-order valence-electron chi connectivity index (χ0n) is 12.5. The highest BCUT2D eigenvalue weighted by molar-refractivity contribution is 6.03. The number of hydrogen-bond acceptors (Lipinski definition) is 3. The SMILES string of the molecule is Cc1ccccc1NC(=O)CC(=O)NN=Cc1ccc(F)cc1. The van der Waals surface area contributed by atoms with E-state index in [0.717, 1.165) is 5.56 Å². The van der Waals surface area contributed by atoms with Crippen LogP contribution in [0.15, 0.2) is 53.6 Å². The molecule has 0 aliphatic carbocycles. The van der Waals surface area contributed by atoms with E-state index in [1.165, 1.54) is 30.5 Å². The number of halogens is 1. The number of benzene rings is 2. The van der Waals surface area contributed by atoms with Crippen LogP contribution < -0.4 is 10.7 Å². The van der Waals surface area contributed by atoms with Crippen LogP contribution in [0.2, 0.25) is 0 Å². The molecule has 0 saturated carbocycles. The molecular formula is C17H16FN3O2. The molecule has 0 fully saturated rings. The van der Waals surface area contributed by atoms with Gasteiger partial charge in [-0.1, -0.05) is 30.3 Å². The average molecular weight is 313 g/mol. The molecule has 0 radical (unpaired) electrons. The fourth-order valence-corrected chi connectivity index (χ4v) is 1.82. The Labute approximate surface area is 133 Å². The van der Waals surface area contributed by atoms with Gasteiger partial charge in [0.1, 0.15) is 12.2 Å². The Kier molecular flexibility index (Phi) is 5.57. The van der Waals surface area contributed by atoms with Crippen molar-refractivity contribution < 1.29 is 14.0 Å². The second-order valence-corrected chi connectivity index (χ2v) is 4.88. The first-order valence-electron chi connectivity index (χ1n) is 6.97. The summed E-state index contributed by atoms with van der Waals surface area (Å²) in [5.41, 5.74) is 4.47. The van der Waals surface area contributed by atoms with Gasteiger partial charge in [-0.3, -0.25) is 9.59 Å². The number of nitrogens with zero attached hydrogens (tertiary/aromatic N) is 1. The lowest BCUT2D eigenvalue weighted by Gasteiger charge is -2.07. The number of rotatable bonds is 5. The molecule has 2 amide bonds. The highest BCUT2D eigenvalue weighted by Gasteiger charge is 2.09. The number of anilines is 1. The van der Waals surface area contributed by atoms with E-state index in [4.69, 9.17) is 0 Å². The minimum Gasteiger partial charge on any atom is -0.325 e. The lowest BCUT2D eigenvalue weighted by atomic mass is 10.2. The molecule has 6 heteroatoms. The molecule has 0 aliphatic heterocycles. The Balaban J connectivity index is 1.81. The lowest BCUT2D eigenvalue weighted by Crippen LogP contribution is -2.24. The fourth-order valence-electron chi connectivity index (χ4n) is 1.82. The summed E-state index contributed by atoms with van der Waals surface area (Å²) in [6.07, 6.45) is 1.03. The molecule has 2 rings (SSSR count). The van der Waals surface area contributed by atoms with Crippen LogP contribution in [0.3, 0.4) is 0 Å². The van der Waals surface area contributed by atoms with Gasteiger partial charge >= 0.3 is 0 Å². The number of carbonyl (C=O) groups excluding carboxylic acids is 2. The van der Waals surface area contributed by atoms with Gasteiger partial charge in [0, 0.05) is 5.69 Å². The molecule has 0 aromatic heterocycles. The van der Waals surface area contributed by atoms with E-state index < -0.39 is 11.8 Å². The zero-order valence-corrected chi connectivity index (χ0v) is 12.5. The quantitative estimate of drug-likeness (QED) is 0.506. The third kappa shape index (κ3) is 5.35. The number of amides is 2. The van der Waals surface area contributed by atoms with Crippen molar-refractivity contribution in [2.75, 3.05) is 5.32 Å². The van der Waals surface area contributed by atoms with Crippen molar-refractivity contribution in [3.63, 3.8) is 0 Å². The van der Waals surface area contributed by atoms with Gasteiger partial charge in [0.05, 0.1) is 6.21 Å². The molecule has 0 aliphatic rings. The number of para-hydroxylation sites is 1. The lowest BCUT2D eigenvalue weighted by molar-refractivity contribution is -0.126. The third-order valence-electron chi connectivity index (χ3n) is 3.01. The molecule has 0 bridgehead atoms. The highest BCUT2D eigenvalue weighted by Crippen LogP contribution is 2.13. The molecule has 0 atom stereocenters. The number of aryl methyl sites for hydroxylation is 1. The smallest absolute Gasteiger partial charge is 0.249 e. The Bertz CT molecular complexity index is 727.